The molecular weight excluding hydrogens is 328 g/mol. The molecule has 6 heteroatoms. The van der Waals surface area contributed by atoms with Crippen molar-refractivity contribution in [2.75, 3.05) is 20.3 Å². The Morgan fingerprint density at radius 1 is 1.50 bits per heavy atom. The minimum absolute atomic E-state index is 0.0729. The average Bonchev–Trinajstić information content (AvgIpc) is 3.13. The highest BCUT2D eigenvalue weighted by Gasteiger charge is 2.54. The molecule has 4 rings (SSSR count). The number of H-pyrrole nitrogens is 1. The first-order valence-corrected chi connectivity index (χ1v) is 8.67. The van der Waals surface area contributed by atoms with E-state index in [9.17, 15) is 4.79 Å². The SMILES string of the molecule is COC[C@@H]1[C@H](NC(=O)c2[nH]c3ccc(Cl)cc3c2C)[C@H]2CCO[C@H]21. The van der Waals surface area contributed by atoms with Crippen molar-refractivity contribution in [3.8, 4) is 0 Å². The standard InChI is InChI=1S/C18H21ClN2O3/c1-9-12-7-10(19)3-4-14(12)20-15(9)18(22)21-16-11-5-6-24-17(11)13(16)8-23-2/h3-4,7,11,13,16-17,20H,5-6,8H2,1-2H3,(H,21,22)/t11-,13-,16-,17-/m1/s1. The number of fused-ring (bicyclic) bond motifs is 2. The highest BCUT2D eigenvalue weighted by molar-refractivity contribution is 6.31. The molecule has 1 aliphatic carbocycles. The van der Waals surface area contributed by atoms with Gasteiger partial charge in [-0.25, -0.2) is 0 Å². The summed E-state index contributed by atoms with van der Waals surface area (Å²) in [4.78, 5) is 16.0. The van der Waals surface area contributed by atoms with Crippen molar-refractivity contribution >= 4 is 28.4 Å². The summed E-state index contributed by atoms with van der Waals surface area (Å²) in [5, 5.41) is 4.84. The van der Waals surface area contributed by atoms with E-state index in [-0.39, 0.29) is 24.0 Å². The summed E-state index contributed by atoms with van der Waals surface area (Å²) in [6.07, 6.45) is 1.22. The highest BCUT2D eigenvalue weighted by atomic mass is 35.5. The monoisotopic (exact) mass is 348 g/mol. The molecule has 0 spiro atoms. The summed E-state index contributed by atoms with van der Waals surface area (Å²) in [7, 11) is 1.69. The lowest BCUT2D eigenvalue weighted by Crippen LogP contribution is -2.62. The van der Waals surface area contributed by atoms with Crippen LogP contribution in [-0.2, 0) is 9.47 Å². The van der Waals surface area contributed by atoms with Gasteiger partial charge in [-0.1, -0.05) is 11.6 Å². The topological polar surface area (TPSA) is 63.3 Å². The zero-order chi connectivity index (χ0) is 16.8. The Morgan fingerprint density at radius 2 is 2.33 bits per heavy atom. The third kappa shape index (κ3) is 2.42. The Kier molecular flexibility index (Phi) is 4.03. The number of halogens is 1. The Labute approximate surface area is 145 Å². The third-order valence-electron chi connectivity index (χ3n) is 5.43. The second-order valence-electron chi connectivity index (χ2n) is 6.72. The molecule has 2 N–H and O–H groups in total. The molecule has 2 aliphatic rings. The van der Waals surface area contributed by atoms with Crippen LogP contribution in [0, 0.1) is 18.8 Å². The number of aromatic nitrogens is 1. The lowest BCUT2D eigenvalue weighted by atomic mass is 9.67. The maximum Gasteiger partial charge on any atom is 0.268 e. The summed E-state index contributed by atoms with van der Waals surface area (Å²) in [5.41, 5.74) is 2.45. The minimum atomic E-state index is -0.0729. The summed E-state index contributed by atoms with van der Waals surface area (Å²) in [6.45, 7) is 3.32. The fourth-order valence-corrected chi connectivity index (χ4v) is 4.36. The second kappa shape index (κ2) is 6.06. The van der Waals surface area contributed by atoms with Gasteiger partial charge in [0, 0.05) is 47.5 Å². The van der Waals surface area contributed by atoms with Gasteiger partial charge in [0.15, 0.2) is 0 Å². The normalized spacial score (nSPS) is 28.6. The van der Waals surface area contributed by atoms with Crippen LogP contribution in [0.4, 0.5) is 0 Å². The molecule has 5 nitrogen and oxygen atoms in total. The van der Waals surface area contributed by atoms with E-state index in [0.29, 0.717) is 23.2 Å². The highest BCUT2D eigenvalue weighted by Crippen LogP contribution is 2.44. The molecule has 1 aromatic carbocycles. The zero-order valence-electron chi connectivity index (χ0n) is 13.8. The molecule has 0 bridgehead atoms. The zero-order valence-corrected chi connectivity index (χ0v) is 14.5. The number of hydrogen-bond donors (Lipinski definition) is 2. The number of amides is 1. The summed E-state index contributed by atoms with van der Waals surface area (Å²) in [5.74, 6) is 0.551. The number of carbonyl (C=O) groups is 1. The minimum Gasteiger partial charge on any atom is -0.384 e. The number of hydrogen-bond acceptors (Lipinski definition) is 3. The molecule has 1 amide bonds. The van der Waals surface area contributed by atoms with Gasteiger partial charge in [-0.3, -0.25) is 4.79 Å². The molecule has 1 aromatic heterocycles. The summed E-state index contributed by atoms with van der Waals surface area (Å²) >= 11 is 6.07. The smallest absolute Gasteiger partial charge is 0.268 e. The van der Waals surface area contributed by atoms with Gasteiger partial charge in [0.2, 0.25) is 0 Å². The van der Waals surface area contributed by atoms with Gasteiger partial charge in [0.05, 0.1) is 12.7 Å². The van der Waals surface area contributed by atoms with Gasteiger partial charge in [-0.15, -0.1) is 0 Å². The summed E-state index contributed by atoms with van der Waals surface area (Å²) < 4.78 is 11.1. The van der Waals surface area contributed by atoms with Gasteiger partial charge in [0.25, 0.3) is 5.91 Å². The predicted molar refractivity (Wildman–Crippen MR) is 92.5 cm³/mol. The van der Waals surface area contributed by atoms with Crippen molar-refractivity contribution in [1.82, 2.24) is 10.3 Å². The Balaban J connectivity index is 1.57. The van der Waals surface area contributed by atoms with E-state index in [2.05, 4.69) is 10.3 Å². The fourth-order valence-electron chi connectivity index (χ4n) is 4.18. The molecule has 2 aromatic rings. The first kappa shape index (κ1) is 15.9. The molecule has 1 saturated carbocycles. The summed E-state index contributed by atoms with van der Waals surface area (Å²) in [6, 6.07) is 5.72. The Bertz CT molecular complexity index is 788. The van der Waals surface area contributed by atoms with Gasteiger partial charge in [-0.2, -0.15) is 0 Å². The molecule has 2 fully saturated rings. The number of aromatic amines is 1. The number of nitrogens with one attached hydrogen (secondary N) is 2. The Hall–Kier alpha value is -1.56. The number of ether oxygens (including phenoxy) is 2. The molecule has 0 radical (unpaired) electrons. The van der Waals surface area contributed by atoms with Crippen LogP contribution < -0.4 is 5.32 Å². The number of rotatable bonds is 4. The second-order valence-corrected chi connectivity index (χ2v) is 7.16. The first-order valence-electron chi connectivity index (χ1n) is 8.29. The Morgan fingerprint density at radius 3 is 3.12 bits per heavy atom. The van der Waals surface area contributed by atoms with Crippen LogP contribution in [0.2, 0.25) is 5.02 Å². The van der Waals surface area contributed by atoms with Crippen LogP contribution in [0.3, 0.4) is 0 Å². The molecular formula is C18H21ClN2O3. The van der Waals surface area contributed by atoms with Crippen LogP contribution >= 0.6 is 11.6 Å². The van der Waals surface area contributed by atoms with Gasteiger partial charge < -0.3 is 19.8 Å². The number of benzene rings is 1. The molecule has 2 heterocycles. The van der Waals surface area contributed by atoms with E-state index in [1.165, 1.54) is 0 Å². The van der Waals surface area contributed by atoms with E-state index >= 15 is 0 Å². The van der Waals surface area contributed by atoms with Gasteiger partial charge in [-0.05, 0) is 37.1 Å². The molecule has 24 heavy (non-hydrogen) atoms. The number of carbonyl (C=O) groups excluding carboxylic acids is 1. The van der Waals surface area contributed by atoms with Crippen LogP contribution in [0.5, 0.6) is 0 Å². The average molecular weight is 349 g/mol. The van der Waals surface area contributed by atoms with Crippen molar-refractivity contribution in [2.24, 2.45) is 11.8 Å². The van der Waals surface area contributed by atoms with Gasteiger partial charge in [0.1, 0.15) is 5.69 Å². The quantitative estimate of drug-likeness (QED) is 0.893. The van der Waals surface area contributed by atoms with Crippen molar-refractivity contribution in [3.63, 3.8) is 0 Å². The molecule has 0 unspecified atom stereocenters. The molecule has 128 valence electrons. The maximum absolute atomic E-state index is 12.8. The van der Waals surface area contributed by atoms with Crippen LogP contribution in [0.1, 0.15) is 22.5 Å². The lowest BCUT2D eigenvalue weighted by Gasteiger charge is -2.47. The van der Waals surface area contributed by atoms with Crippen molar-refractivity contribution in [3.05, 3.63) is 34.5 Å². The van der Waals surface area contributed by atoms with Crippen LogP contribution in [0.15, 0.2) is 18.2 Å². The molecule has 4 atom stereocenters. The molecule has 1 aliphatic heterocycles. The largest absolute Gasteiger partial charge is 0.384 e. The maximum atomic E-state index is 12.8. The van der Waals surface area contributed by atoms with E-state index in [1.807, 2.05) is 25.1 Å². The van der Waals surface area contributed by atoms with E-state index < -0.39 is 0 Å². The van der Waals surface area contributed by atoms with Gasteiger partial charge >= 0.3 is 0 Å². The molecule has 1 saturated heterocycles. The third-order valence-corrected chi connectivity index (χ3v) is 5.67. The number of methoxy groups -OCH3 is 1. The van der Waals surface area contributed by atoms with E-state index in [1.54, 1.807) is 7.11 Å². The van der Waals surface area contributed by atoms with E-state index in [0.717, 1.165) is 29.5 Å². The first-order chi connectivity index (χ1) is 11.6. The van der Waals surface area contributed by atoms with E-state index in [4.69, 9.17) is 21.1 Å². The van der Waals surface area contributed by atoms with Crippen LogP contribution in [-0.4, -0.2) is 43.4 Å². The predicted octanol–water partition coefficient (Wildman–Crippen LogP) is 2.91. The number of aryl methyl sites for hydroxylation is 1. The van der Waals surface area contributed by atoms with Crippen LogP contribution in [0.25, 0.3) is 10.9 Å². The van der Waals surface area contributed by atoms with Crippen molar-refractivity contribution < 1.29 is 14.3 Å². The van der Waals surface area contributed by atoms with Crippen molar-refractivity contribution in [2.45, 2.75) is 25.5 Å². The lowest BCUT2D eigenvalue weighted by molar-refractivity contribution is -0.0810. The van der Waals surface area contributed by atoms with Crippen molar-refractivity contribution in [1.29, 1.82) is 0 Å². The fraction of sp³-hybridized carbons (Fsp3) is 0.500.